The van der Waals surface area contributed by atoms with Crippen molar-refractivity contribution >= 4 is 17.8 Å². The first-order valence-electron chi connectivity index (χ1n) is 6.18. The molecule has 0 saturated heterocycles. The summed E-state index contributed by atoms with van der Waals surface area (Å²) in [4.78, 5) is 16.2. The van der Waals surface area contributed by atoms with Crippen molar-refractivity contribution in [2.24, 2.45) is 4.99 Å². The molecule has 1 amide bonds. The normalized spacial score (nSPS) is 16.1. The fourth-order valence-electron chi connectivity index (χ4n) is 1.93. The molecule has 0 saturated carbocycles. The summed E-state index contributed by atoms with van der Waals surface area (Å²) in [6.07, 6.45) is 1.69. The summed E-state index contributed by atoms with van der Waals surface area (Å²) in [6.45, 7) is 0. The zero-order chi connectivity index (χ0) is 13.9. The zero-order valence-electron chi connectivity index (χ0n) is 10.6. The number of hydrogen-bond acceptors (Lipinski definition) is 3. The topological polar surface area (TPSA) is 61.7 Å². The number of benzene rings is 2. The summed E-state index contributed by atoms with van der Waals surface area (Å²) in [5.41, 5.74) is 2.04. The van der Waals surface area contributed by atoms with Crippen molar-refractivity contribution in [3.05, 3.63) is 71.4 Å². The zero-order valence-corrected chi connectivity index (χ0v) is 10.6. The summed E-state index contributed by atoms with van der Waals surface area (Å²) in [5.74, 6) is 0.522. The molecule has 2 aromatic rings. The molecular formula is C16H12N2O2. The van der Waals surface area contributed by atoms with Crippen molar-refractivity contribution in [1.82, 2.24) is 5.32 Å². The Bertz CT molecular complexity index is 701. The average Bonchev–Trinajstić information content (AvgIpc) is 2.84. The van der Waals surface area contributed by atoms with Gasteiger partial charge in [-0.15, -0.1) is 0 Å². The molecule has 2 N–H and O–H groups in total. The number of aliphatic imine (C=N–C) groups is 1. The molecule has 98 valence electrons. The molecule has 2 aromatic carbocycles. The lowest BCUT2D eigenvalue weighted by atomic mass is 10.2. The number of aromatic hydroxyl groups is 1. The predicted molar refractivity (Wildman–Crippen MR) is 77.2 cm³/mol. The molecule has 0 aliphatic carbocycles. The summed E-state index contributed by atoms with van der Waals surface area (Å²) in [7, 11) is 0. The van der Waals surface area contributed by atoms with Crippen molar-refractivity contribution in [2.75, 3.05) is 0 Å². The maximum Gasteiger partial charge on any atom is 0.275 e. The van der Waals surface area contributed by atoms with Crippen LogP contribution in [0.4, 0.5) is 0 Å². The summed E-state index contributed by atoms with van der Waals surface area (Å²) < 4.78 is 0. The Hall–Kier alpha value is -2.88. The Kier molecular flexibility index (Phi) is 3.05. The summed E-state index contributed by atoms with van der Waals surface area (Å²) in [5, 5.41) is 12.0. The first-order valence-corrected chi connectivity index (χ1v) is 6.18. The molecule has 1 aliphatic heterocycles. The smallest absolute Gasteiger partial charge is 0.275 e. The lowest BCUT2D eigenvalue weighted by molar-refractivity contribution is -0.115. The van der Waals surface area contributed by atoms with Crippen LogP contribution in [0.5, 0.6) is 5.75 Å². The van der Waals surface area contributed by atoms with E-state index in [1.807, 2.05) is 30.3 Å². The number of amides is 1. The third-order valence-electron chi connectivity index (χ3n) is 2.94. The van der Waals surface area contributed by atoms with Gasteiger partial charge in [-0.1, -0.05) is 42.5 Å². The van der Waals surface area contributed by atoms with Gasteiger partial charge in [-0.3, -0.25) is 4.79 Å². The van der Waals surface area contributed by atoms with Crippen molar-refractivity contribution in [3.63, 3.8) is 0 Å². The van der Waals surface area contributed by atoms with Crippen LogP contribution in [0.2, 0.25) is 0 Å². The number of hydrogen-bond donors (Lipinski definition) is 2. The monoisotopic (exact) mass is 264 g/mol. The number of carbonyl (C=O) groups is 1. The number of phenols is 1. The van der Waals surface area contributed by atoms with Crippen molar-refractivity contribution in [2.45, 2.75) is 0 Å². The minimum absolute atomic E-state index is 0.191. The standard InChI is InChI=1S/C16H12N2O2/c19-13-8-6-11(7-9-13)10-14-16(20)18-15(17-14)12-4-2-1-3-5-12/h1-10,19H,(H,17,18,20)/b14-10+. The van der Waals surface area contributed by atoms with E-state index in [9.17, 15) is 9.90 Å². The van der Waals surface area contributed by atoms with E-state index in [1.165, 1.54) is 0 Å². The molecule has 4 heteroatoms. The minimum atomic E-state index is -0.225. The van der Waals surface area contributed by atoms with Gasteiger partial charge in [-0.05, 0) is 23.8 Å². The highest BCUT2D eigenvalue weighted by Gasteiger charge is 2.20. The minimum Gasteiger partial charge on any atom is -0.508 e. The van der Waals surface area contributed by atoms with Crippen LogP contribution in [0.15, 0.2) is 65.3 Å². The Balaban J connectivity index is 1.92. The second kappa shape index (κ2) is 5.01. The van der Waals surface area contributed by atoms with Gasteiger partial charge in [-0.25, -0.2) is 4.99 Å². The fraction of sp³-hybridized carbons (Fsp3) is 0. The molecule has 1 heterocycles. The van der Waals surface area contributed by atoms with E-state index >= 15 is 0 Å². The van der Waals surface area contributed by atoms with Gasteiger partial charge in [0.15, 0.2) is 0 Å². The van der Waals surface area contributed by atoms with Gasteiger partial charge in [0.2, 0.25) is 0 Å². The van der Waals surface area contributed by atoms with Gasteiger partial charge in [-0.2, -0.15) is 0 Å². The highest BCUT2D eigenvalue weighted by molar-refractivity contribution is 6.19. The number of carbonyl (C=O) groups excluding carboxylic acids is 1. The van der Waals surface area contributed by atoms with Gasteiger partial charge >= 0.3 is 0 Å². The number of nitrogens with zero attached hydrogens (tertiary/aromatic N) is 1. The summed E-state index contributed by atoms with van der Waals surface area (Å²) in [6, 6.07) is 16.1. The first kappa shape index (κ1) is 12.2. The van der Waals surface area contributed by atoms with E-state index in [0.717, 1.165) is 11.1 Å². The molecule has 0 unspecified atom stereocenters. The fourth-order valence-corrected chi connectivity index (χ4v) is 1.93. The third-order valence-corrected chi connectivity index (χ3v) is 2.94. The van der Waals surface area contributed by atoms with Gasteiger partial charge in [0.05, 0.1) is 0 Å². The number of rotatable bonds is 2. The van der Waals surface area contributed by atoms with Crippen LogP contribution in [0.3, 0.4) is 0 Å². The SMILES string of the molecule is O=C1NC(c2ccccc2)=N/C1=C/c1ccc(O)cc1. The van der Waals surface area contributed by atoms with Crippen LogP contribution in [0.1, 0.15) is 11.1 Å². The van der Waals surface area contributed by atoms with Crippen molar-refractivity contribution < 1.29 is 9.90 Å². The summed E-state index contributed by atoms with van der Waals surface area (Å²) >= 11 is 0. The maximum atomic E-state index is 11.9. The molecule has 3 rings (SSSR count). The predicted octanol–water partition coefficient (Wildman–Crippen LogP) is 2.31. The first-order chi connectivity index (χ1) is 9.72. The van der Waals surface area contributed by atoms with Crippen LogP contribution >= 0.6 is 0 Å². The number of phenolic OH excluding ortho intramolecular Hbond substituents is 1. The highest BCUT2D eigenvalue weighted by Crippen LogP contribution is 2.16. The van der Waals surface area contributed by atoms with Crippen molar-refractivity contribution in [1.29, 1.82) is 0 Å². The van der Waals surface area contributed by atoms with Crippen LogP contribution in [-0.2, 0) is 4.79 Å². The van der Waals surface area contributed by atoms with Gasteiger partial charge in [0.1, 0.15) is 17.3 Å². The average molecular weight is 264 g/mol. The molecule has 1 aliphatic rings. The van der Waals surface area contributed by atoms with Crippen LogP contribution in [0.25, 0.3) is 6.08 Å². The molecular weight excluding hydrogens is 252 g/mol. The molecule has 0 bridgehead atoms. The van der Waals surface area contributed by atoms with Crippen LogP contribution in [-0.4, -0.2) is 16.8 Å². The largest absolute Gasteiger partial charge is 0.508 e. The molecule has 0 fully saturated rings. The van der Waals surface area contributed by atoms with Gasteiger partial charge in [0.25, 0.3) is 5.91 Å². The maximum absolute atomic E-state index is 11.9. The quantitative estimate of drug-likeness (QED) is 0.818. The lowest BCUT2D eigenvalue weighted by Crippen LogP contribution is -2.24. The van der Waals surface area contributed by atoms with E-state index in [1.54, 1.807) is 30.3 Å². The Morgan fingerprint density at radius 2 is 1.70 bits per heavy atom. The van der Waals surface area contributed by atoms with Crippen molar-refractivity contribution in [3.8, 4) is 5.75 Å². The number of nitrogens with one attached hydrogen (secondary N) is 1. The molecule has 0 spiro atoms. The Labute approximate surface area is 116 Å². The number of amidine groups is 1. The van der Waals surface area contributed by atoms with Gasteiger partial charge in [0, 0.05) is 5.56 Å². The van der Waals surface area contributed by atoms with Gasteiger partial charge < -0.3 is 10.4 Å². The Morgan fingerprint density at radius 3 is 2.40 bits per heavy atom. The second-order valence-electron chi connectivity index (χ2n) is 4.40. The van der Waals surface area contributed by atoms with E-state index in [-0.39, 0.29) is 11.7 Å². The van der Waals surface area contributed by atoms with E-state index in [0.29, 0.717) is 11.5 Å². The van der Waals surface area contributed by atoms with Crippen LogP contribution < -0.4 is 5.32 Å². The van der Waals surface area contributed by atoms with E-state index in [4.69, 9.17) is 0 Å². The second-order valence-corrected chi connectivity index (χ2v) is 4.40. The molecule has 0 atom stereocenters. The third kappa shape index (κ3) is 2.44. The molecule has 4 nitrogen and oxygen atoms in total. The highest BCUT2D eigenvalue weighted by atomic mass is 16.3. The lowest BCUT2D eigenvalue weighted by Gasteiger charge is -1.98. The molecule has 20 heavy (non-hydrogen) atoms. The Morgan fingerprint density at radius 1 is 1.00 bits per heavy atom. The van der Waals surface area contributed by atoms with E-state index in [2.05, 4.69) is 10.3 Å². The van der Waals surface area contributed by atoms with E-state index < -0.39 is 0 Å². The molecule has 0 aromatic heterocycles. The molecule has 0 radical (unpaired) electrons. The van der Waals surface area contributed by atoms with Crippen LogP contribution in [0, 0.1) is 0 Å².